The lowest BCUT2D eigenvalue weighted by atomic mass is 10.3. The van der Waals surface area contributed by atoms with Crippen molar-refractivity contribution < 1.29 is 9.66 Å². The summed E-state index contributed by atoms with van der Waals surface area (Å²) in [4.78, 5) is 17.8. The largest absolute Gasteiger partial charge is 0.436 e. The zero-order chi connectivity index (χ0) is 14.7. The highest BCUT2D eigenvalue weighted by Gasteiger charge is 2.17. The van der Waals surface area contributed by atoms with Gasteiger partial charge < -0.3 is 4.74 Å². The van der Waals surface area contributed by atoms with Crippen molar-refractivity contribution in [3.05, 3.63) is 44.6 Å². The number of hydrogen-bond donors (Lipinski definition) is 2. The average molecular weight is 316 g/mol. The van der Waals surface area contributed by atoms with E-state index in [9.17, 15) is 10.1 Å². The summed E-state index contributed by atoms with van der Waals surface area (Å²) in [5.74, 6) is 5.49. The molecular weight excluding hydrogens is 309 g/mol. The number of benzene rings is 1. The van der Waals surface area contributed by atoms with Crippen molar-refractivity contribution in [1.82, 2.24) is 9.97 Å². The van der Waals surface area contributed by atoms with Crippen LogP contribution < -0.4 is 16.0 Å². The number of hydrogen-bond acceptors (Lipinski definition) is 7. The van der Waals surface area contributed by atoms with E-state index >= 15 is 0 Å². The first kappa shape index (κ1) is 14.3. The maximum absolute atomic E-state index is 10.7. The lowest BCUT2D eigenvalue weighted by Crippen LogP contribution is -2.10. The third-order valence-electron chi connectivity index (χ3n) is 2.16. The van der Waals surface area contributed by atoms with Crippen LogP contribution in [-0.2, 0) is 0 Å². The SMILES string of the molecule is NNc1nccc(Oc2c(Cl)cc([N+](=O)[O-])cc2Cl)n1. The molecule has 0 aliphatic heterocycles. The molecule has 1 aromatic heterocycles. The molecule has 0 atom stereocenters. The van der Waals surface area contributed by atoms with Gasteiger partial charge in [0.2, 0.25) is 11.8 Å². The molecule has 0 fully saturated rings. The number of rotatable bonds is 4. The van der Waals surface area contributed by atoms with Crippen LogP contribution in [0.2, 0.25) is 10.0 Å². The molecule has 2 rings (SSSR count). The van der Waals surface area contributed by atoms with Crippen LogP contribution >= 0.6 is 23.2 Å². The van der Waals surface area contributed by atoms with Crippen LogP contribution in [0.25, 0.3) is 0 Å². The Balaban J connectivity index is 2.36. The fourth-order valence-corrected chi connectivity index (χ4v) is 1.88. The summed E-state index contributed by atoms with van der Waals surface area (Å²) in [6, 6.07) is 3.72. The highest BCUT2D eigenvalue weighted by atomic mass is 35.5. The Hall–Kier alpha value is -2.16. The van der Waals surface area contributed by atoms with Crippen molar-refractivity contribution in [1.29, 1.82) is 0 Å². The number of halogens is 2. The van der Waals surface area contributed by atoms with Crippen LogP contribution in [0.5, 0.6) is 11.6 Å². The number of nitro groups is 1. The van der Waals surface area contributed by atoms with E-state index in [1.807, 2.05) is 0 Å². The lowest BCUT2D eigenvalue weighted by molar-refractivity contribution is -0.384. The third-order valence-corrected chi connectivity index (χ3v) is 2.72. The molecule has 0 bridgehead atoms. The minimum absolute atomic E-state index is 0.00919. The molecule has 0 amide bonds. The van der Waals surface area contributed by atoms with Gasteiger partial charge in [0.1, 0.15) is 0 Å². The summed E-state index contributed by atoms with van der Waals surface area (Å²) < 4.78 is 5.38. The van der Waals surface area contributed by atoms with Crippen LogP contribution in [0.15, 0.2) is 24.4 Å². The molecule has 20 heavy (non-hydrogen) atoms. The number of nitrogen functional groups attached to an aromatic ring is 1. The number of nitro benzene ring substituents is 1. The summed E-state index contributed by atoms with van der Waals surface area (Å²) in [5, 5.41) is 10.6. The van der Waals surface area contributed by atoms with Gasteiger partial charge in [-0.3, -0.25) is 15.5 Å². The zero-order valence-corrected chi connectivity index (χ0v) is 11.2. The van der Waals surface area contributed by atoms with Gasteiger partial charge in [-0.05, 0) is 0 Å². The molecule has 0 spiro atoms. The van der Waals surface area contributed by atoms with Crippen LogP contribution in [0.4, 0.5) is 11.6 Å². The van der Waals surface area contributed by atoms with E-state index in [2.05, 4.69) is 15.4 Å². The van der Waals surface area contributed by atoms with Crippen molar-refractivity contribution in [3.8, 4) is 11.6 Å². The maximum atomic E-state index is 10.7. The standard InChI is InChI=1S/C10H7Cl2N5O3/c11-6-3-5(17(18)19)4-7(12)9(6)20-8-1-2-14-10(15-8)16-13/h1-4H,13H2,(H,14,15,16). The lowest BCUT2D eigenvalue weighted by Gasteiger charge is -2.09. The van der Waals surface area contributed by atoms with Crippen LogP contribution in [0, 0.1) is 10.1 Å². The minimum atomic E-state index is -0.608. The number of hydrazine groups is 1. The number of ether oxygens (including phenoxy) is 1. The molecule has 0 aliphatic rings. The molecule has 1 aromatic carbocycles. The van der Waals surface area contributed by atoms with Crippen molar-refractivity contribution in [3.63, 3.8) is 0 Å². The smallest absolute Gasteiger partial charge is 0.272 e. The van der Waals surface area contributed by atoms with E-state index in [4.69, 9.17) is 33.8 Å². The molecule has 8 nitrogen and oxygen atoms in total. The molecule has 3 N–H and O–H groups in total. The molecule has 0 saturated carbocycles. The van der Waals surface area contributed by atoms with Gasteiger partial charge >= 0.3 is 0 Å². The van der Waals surface area contributed by atoms with Crippen LogP contribution in [0.3, 0.4) is 0 Å². The topological polar surface area (TPSA) is 116 Å². The highest BCUT2D eigenvalue weighted by molar-refractivity contribution is 6.37. The number of nitrogens with two attached hydrogens (primary N) is 1. The minimum Gasteiger partial charge on any atom is -0.436 e. The number of aromatic nitrogens is 2. The van der Waals surface area contributed by atoms with Gasteiger partial charge in [0.05, 0.1) is 15.0 Å². The summed E-state index contributed by atoms with van der Waals surface area (Å²) in [7, 11) is 0. The van der Waals surface area contributed by atoms with E-state index in [1.165, 1.54) is 12.3 Å². The first-order valence-corrected chi connectivity index (χ1v) is 5.88. The first-order valence-electron chi connectivity index (χ1n) is 5.12. The van der Waals surface area contributed by atoms with Gasteiger partial charge in [-0.25, -0.2) is 10.8 Å². The van der Waals surface area contributed by atoms with E-state index in [1.54, 1.807) is 0 Å². The molecule has 0 unspecified atom stereocenters. The fraction of sp³-hybridized carbons (Fsp3) is 0. The van der Waals surface area contributed by atoms with E-state index in [-0.39, 0.29) is 33.3 Å². The quantitative estimate of drug-likeness (QED) is 0.506. The average Bonchev–Trinajstić information content (AvgIpc) is 2.42. The summed E-state index contributed by atoms with van der Waals surface area (Å²) in [6.45, 7) is 0. The highest BCUT2D eigenvalue weighted by Crippen LogP contribution is 2.38. The first-order chi connectivity index (χ1) is 9.51. The Morgan fingerprint density at radius 1 is 1.35 bits per heavy atom. The Labute approximate surface area is 122 Å². The summed E-state index contributed by atoms with van der Waals surface area (Å²) in [5.41, 5.74) is 2.01. The Bertz CT molecular complexity index is 644. The second kappa shape index (κ2) is 5.87. The van der Waals surface area contributed by atoms with E-state index in [0.717, 1.165) is 12.1 Å². The number of anilines is 1. The van der Waals surface area contributed by atoms with Gasteiger partial charge in [-0.1, -0.05) is 23.2 Å². The van der Waals surface area contributed by atoms with Gasteiger partial charge in [-0.15, -0.1) is 0 Å². The number of nitrogens with zero attached hydrogens (tertiary/aromatic N) is 3. The molecule has 2 aromatic rings. The number of nitrogens with one attached hydrogen (secondary N) is 1. The van der Waals surface area contributed by atoms with Gasteiger partial charge in [0, 0.05) is 24.4 Å². The van der Waals surface area contributed by atoms with E-state index in [0.29, 0.717) is 0 Å². The fourth-order valence-electron chi connectivity index (χ4n) is 1.32. The third kappa shape index (κ3) is 3.05. The molecule has 0 saturated heterocycles. The van der Waals surface area contributed by atoms with Gasteiger partial charge in [-0.2, -0.15) is 4.98 Å². The Morgan fingerprint density at radius 2 is 2.00 bits per heavy atom. The second-order valence-electron chi connectivity index (χ2n) is 3.46. The Kier molecular flexibility index (Phi) is 4.18. The second-order valence-corrected chi connectivity index (χ2v) is 4.27. The maximum Gasteiger partial charge on any atom is 0.272 e. The van der Waals surface area contributed by atoms with Gasteiger partial charge in [0.25, 0.3) is 5.69 Å². The summed E-state index contributed by atoms with van der Waals surface area (Å²) in [6.07, 6.45) is 1.41. The molecule has 104 valence electrons. The summed E-state index contributed by atoms with van der Waals surface area (Å²) >= 11 is 11.8. The molecule has 1 heterocycles. The number of non-ortho nitro benzene ring substituents is 1. The monoisotopic (exact) mass is 315 g/mol. The molecular formula is C10H7Cl2N5O3. The van der Waals surface area contributed by atoms with Crippen LogP contribution in [-0.4, -0.2) is 14.9 Å². The van der Waals surface area contributed by atoms with Crippen LogP contribution in [0.1, 0.15) is 0 Å². The molecule has 10 heteroatoms. The predicted molar refractivity (Wildman–Crippen MR) is 73.0 cm³/mol. The molecule has 0 radical (unpaired) electrons. The van der Waals surface area contributed by atoms with Gasteiger partial charge in [0.15, 0.2) is 5.75 Å². The van der Waals surface area contributed by atoms with Crippen molar-refractivity contribution in [2.24, 2.45) is 5.84 Å². The predicted octanol–water partition coefficient (Wildman–Crippen LogP) is 2.77. The normalized spacial score (nSPS) is 10.2. The Morgan fingerprint density at radius 3 is 2.55 bits per heavy atom. The van der Waals surface area contributed by atoms with Crippen molar-refractivity contribution in [2.75, 3.05) is 5.43 Å². The van der Waals surface area contributed by atoms with E-state index < -0.39 is 4.92 Å². The van der Waals surface area contributed by atoms with Crippen molar-refractivity contribution in [2.45, 2.75) is 0 Å². The van der Waals surface area contributed by atoms with Crippen molar-refractivity contribution >= 4 is 34.8 Å². The zero-order valence-electron chi connectivity index (χ0n) is 9.71. The molecule has 0 aliphatic carbocycles.